The van der Waals surface area contributed by atoms with E-state index in [2.05, 4.69) is 72.9 Å². The van der Waals surface area contributed by atoms with E-state index in [0.29, 0.717) is 22.5 Å². The van der Waals surface area contributed by atoms with Gasteiger partial charge in [0.2, 0.25) is 5.95 Å². The molecule has 10 heteroatoms. The van der Waals surface area contributed by atoms with Gasteiger partial charge in [0.05, 0.1) is 22.0 Å². The summed E-state index contributed by atoms with van der Waals surface area (Å²) < 4.78 is 0. The molecule has 4 heterocycles. The molecule has 0 bridgehead atoms. The molecule has 2 fully saturated rings. The average molecular weight is 530 g/mol. The summed E-state index contributed by atoms with van der Waals surface area (Å²) in [7, 11) is 4.09. The number of nitrogens with zero attached hydrogens (tertiary/aromatic N) is 5. The molecule has 0 atom stereocenters. The van der Waals surface area contributed by atoms with Gasteiger partial charge in [0, 0.05) is 51.2 Å². The lowest BCUT2D eigenvalue weighted by atomic mass is 9.97. The van der Waals surface area contributed by atoms with Crippen LogP contribution in [0.15, 0.2) is 59.6 Å². The number of imide groups is 1. The Hall–Kier alpha value is -3.76. The minimum atomic E-state index is -0.381. The Kier molecular flexibility index (Phi) is 8.00. The molecule has 2 amide bonds. The highest BCUT2D eigenvalue weighted by Gasteiger charge is 2.25. The molecule has 0 aliphatic carbocycles. The predicted molar refractivity (Wildman–Crippen MR) is 152 cm³/mol. The molecule has 2 N–H and O–H groups in total. The molecule has 196 valence electrons. The highest BCUT2D eigenvalue weighted by Crippen LogP contribution is 2.26. The second-order valence-electron chi connectivity index (χ2n) is 9.65. The topological polar surface area (TPSA) is 103 Å². The van der Waals surface area contributed by atoms with Crippen LogP contribution in [0.4, 0.5) is 16.4 Å². The third kappa shape index (κ3) is 6.38. The summed E-state index contributed by atoms with van der Waals surface area (Å²) in [5, 5.41) is 5.50. The molecule has 0 spiro atoms. The molecule has 3 aromatic rings. The number of rotatable bonds is 8. The molecule has 0 saturated carbocycles. The van der Waals surface area contributed by atoms with E-state index in [1.54, 1.807) is 18.3 Å². The van der Waals surface area contributed by atoms with E-state index in [1.165, 1.54) is 0 Å². The van der Waals surface area contributed by atoms with Gasteiger partial charge in [-0.3, -0.25) is 19.9 Å². The highest BCUT2D eigenvalue weighted by atomic mass is 32.2. The van der Waals surface area contributed by atoms with Gasteiger partial charge in [-0.1, -0.05) is 18.2 Å². The molecule has 38 heavy (non-hydrogen) atoms. The fraction of sp³-hybridized carbons (Fsp3) is 0.321. The van der Waals surface area contributed by atoms with Crippen LogP contribution in [0.1, 0.15) is 24.2 Å². The fourth-order valence-electron chi connectivity index (χ4n) is 4.57. The van der Waals surface area contributed by atoms with E-state index in [4.69, 9.17) is 4.98 Å². The van der Waals surface area contributed by atoms with Crippen molar-refractivity contribution in [2.75, 3.05) is 43.5 Å². The van der Waals surface area contributed by atoms with Crippen molar-refractivity contribution in [3.8, 4) is 11.3 Å². The summed E-state index contributed by atoms with van der Waals surface area (Å²) in [6.07, 6.45) is 5.41. The maximum Gasteiger partial charge on any atom is 0.290 e. The van der Waals surface area contributed by atoms with E-state index in [0.717, 1.165) is 73.4 Å². The standard InChI is InChI=1S/C28H31N7O2S/c1-34(2)23-7-3-5-20(15-23)24-8-4-6-22(31-24)18-29-17-19-10-13-35(14-11-19)27-30-12-9-21(32-27)16-25-26(36)33-28(37)38-25/h3-9,12,15-16,19,29H,10-11,13-14,17-18H2,1-2H3,(H,33,36,37)/b25-16-. The first-order valence-corrected chi connectivity index (χ1v) is 13.5. The van der Waals surface area contributed by atoms with Crippen LogP contribution >= 0.6 is 11.8 Å². The number of aromatic nitrogens is 3. The zero-order valence-electron chi connectivity index (χ0n) is 21.6. The number of pyridine rings is 1. The fourth-order valence-corrected chi connectivity index (χ4v) is 5.24. The van der Waals surface area contributed by atoms with Gasteiger partial charge in [-0.15, -0.1) is 0 Å². The zero-order chi connectivity index (χ0) is 26.5. The van der Waals surface area contributed by atoms with Crippen LogP contribution in [0.3, 0.4) is 0 Å². The van der Waals surface area contributed by atoms with Crippen molar-refractivity contribution < 1.29 is 9.59 Å². The quantitative estimate of drug-likeness (QED) is 0.420. The summed E-state index contributed by atoms with van der Waals surface area (Å²) in [5.74, 6) is 0.842. The van der Waals surface area contributed by atoms with Crippen molar-refractivity contribution in [3.05, 3.63) is 71.0 Å². The van der Waals surface area contributed by atoms with Crippen LogP contribution in [-0.2, 0) is 11.3 Å². The lowest BCUT2D eigenvalue weighted by Gasteiger charge is -2.32. The van der Waals surface area contributed by atoms with E-state index >= 15 is 0 Å². The number of hydrogen-bond donors (Lipinski definition) is 2. The number of anilines is 2. The van der Waals surface area contributed by atoms with Crippen molar-refractivity contribution in [1.29, 1.82) is 0 Å². The van der Waals surface area contributed by atoms with Gasteiger partial charge in [-0.05, 0) is 73.5 Å². The number of carbonyl (C=O) groups is 2. The van der Waals surface area contributed by atoms with Crippen molar-refractivity contribution >= 4 is 40.6 Å². The minimum absolute atomic E-state index is 0.353. The number of benzene rings is 1. The van der Waals surface area contributed by atoms with Crippen molar-refractivity contribution in [2.45, 2.75) is 19.4 Å². The van der Waals surface area contributed by atoms with Crippen LogP contribution in [0.25, 0.3) is 17.3 Å². The number of carbonyl (C=O) groups excluding carboxylic acids is 2. The third-order valence-electron chi connectivity index (χ3n) is 6.69. The molecule has 2 aliphatic rings. The predicted octanol–water partition coefficient (Wildman–Crippen LogP) is 3.93. The Morgan fingerprint density at radius 2 is 1.92 bits per heavy atom. The number of nitrogens with one attached hydrogen (secondary N) is 2. The van der Waals surface area contributed by atoms with E-state index in [1.807, 2.05) is 14.1 Å². The average Bonchev–Trinajstić information content (AvgIpc) is 3.25. The molecule has 2 saturated heterocycles. The van der Waals surface area contributed by atoms with Crippen molar-refractivity contribution in [3.63, 3.8) is 0 Å². The SMILES string of the molecule is CN(C)c1cccc(-c2cccc(CNCC3CCN(c4nccc(/C=C5\SC(=O)NC5=O)n4)CC3)n2)c1. The molecule has 1 aromatic carbocycles. The number of hydrogen-bond acceptors (Lipinski definition) is 9. The lowest BCUT2D eigenvalue weighted by Crippen LogP contribution is -2.38. The van der Waals surface area contributed by atoms with Crippen molar-refractivity contribution in [1.82, 2.24) is 25.6 Å². The maximum absolute atomic E-state index is 11.8. The van der Waals surface area contributed by atoms with Crippen LogP contribution in [0, 0.1) is 5.92 Å². The van der Waals surface area contributed by atoms with Crippen LogP contribution in [0.2, 0.25) is 0 Å². The summed E-state index contributed by atoms with van der Waals surface area (Å²) in [6.45, 7) is 3.41. The van der Waals surface area contributed by atoms with E-state index in [9.17, 15) is 9.59 Å². The van der Waals surface area contributed by atoms with Crippen LogP contribution in [-0.4, -0.2) is 59.8 Å². The number of thioether (sulfide) groups is 1. The maximum atomic E-state index is 11.8. The normalized spacial score (nSPS) is 17.2. The van der Waals surface area contributed by atoms with Gasteiger partial charge in [-0.25, -0.2) is 9.97 Å². The summed E-state index contributed by atoms with van der Waals surface area (Å²) in [4.78, 5) is 41.8. The third-order valence-corrected chi connectivity index (χ3v) is 7.50. The molecule has 0 radical (unpaired) electrons. The monoisotopic (exact) mass is 529 g/mol. The molecule has 0 unspecified atom stereocenters. The first-order chi connectivity index (χ1) is 18.4. The van der Waals surface area contributed by atoms with Gasteiger partial charge in [0.25, 0.3) is 11.1 Å². The minimum Gasteiger partial charge on any atom is -0.378 e. The molecule has 2 aliphatic heterocycles. The zero-order valence-corrected chi connectivity index (χ0v) is 22.4. The Bertz CT molecular complexity index is 1350. The van der Waals surface area contributed by atoms with Gasteiger partial charge in [0.15, 0.2) is 0 Å². The first kappa shape index (κ1) is 25.9. The van der Waals surface area contributed by atoms with Gasteiger partial charge in [-0.2, -0.15) is 0 Å². The second-order valence-corrected chi connectivity index (χ2v) is 10.7. The second kappa shape index (κ2) is 11.7. The molecular formula is C28H31N7O2S. The Morgan fingerprint density at radius 1 is 1.11 bits per heavy atom. The molecular weight excluding hydrogens is 498 g/mol. The van der Waals surface area contributed by atoms with E-state index in [-0.39, 0.29) is 11.1 Å². The van der Waals surface area contributed by atoms with Gasteiger partial charge < -0.3 is 15.1 Å². The lowest BCUT2D eigenvalue weighted by molar-refractivity contribution is -0.115. The highest BCUT2D eigenvalue weighted by molar-refractivity contribution is 8.18. The number of piperidine rings is 1. The first-order valence-electron chi connectivity index (χ1n) is 12.7. The summed E-state index contributed by atoms with van der Waals surface area (Å²) in [5.41, 5.74) is 4.91. The van der Waals surface area contributed by atoms with E-state index < -0.39 is 0 Å². The van der Waals surface area contributed by atoms with Crippen LogP contribution in [0.5, 0.6) is 0 Å². The molecule has 2 aromatic heterocycles. The summed E-state index contributed by atoms with van der Waals surface area (Å²) in [6, 6.07) is 16.4. The Morgan fingerprint density at radius 3 is 2.68 bits per heavy atom. The Balaban J connectivity index is 1.12. The molecule has 9 nitrogen and oxygen atoms in total. The Labute approximate surface area is 226 Å². The van der Waals surface area contributed by atoms with Gasteiger partial charge >= 0.3 is 0 Å². The smallest absolute Gasteiger partial charge is 0.290 e. The largest absolute Gasteiger partial charge is 0.378 e. The van der Waals surface area contributed by atoms with Crippen LogP contribution < -0.4 is 20.4 Å². The number of amides is 2. The van der Waals surface area contributed by atoms with Crippen molar-refractivity contribution in [2.24, 2.45) is 5.92 Å². The summed E-state index contributed by atoms with van der Waals surface area (Å²) >= 11 is 0.892. The molecule has 5 rings (SSSR count). The van der Waals surface area contributed by atoms with Gasteiger partial charge in [0.1, 0.15) is 0 Å².